The van der Waals surface area contributed by atoms with Crippen LogP contribution in [0.5, 0.6) is 0 Å². The Bertz CT molecular complexity index is 603. The molecular formula is C13H13ClN2O. The van der Waals surface area contributed by atoms with Crippen molar-refractivity contribution < 1.29 is 4.79 Å². The zero-order chi connectivity index (χ0) is 12.0. The summed E-state index contributed by atoms with van der Waals surface area (Å²) in [4.78, 5) is 11.3. The average Bonchev–Trinajstić information content (AvgIpc) is 2.84. The van der Waals surface area contributed by atoms with E-state index in [2.05, 4.69) is 16.1 Å². The number of benzene rings is 1. The minimum Gasteiger partial charge on any atom is -0.355 e. The summed E-state index contributed by atoms with van der Waals surface area (Å²) in [6.07, 6.45) is 2.69. The van der Waals surface area contributed by atoms with E-state index in [9.17, 15) is 4.79 Å². The van der Waals surface area contributed by atoms with Crippen LogP contribution in [-0.2, 0) is 11.8 Å². The highest BCUT2D eigenvalue weighted by Gasteiger charge is 2.25. The number of aryl methyl sites for hydroxylation is 1. The van der Waals surface area contributed by atoms with E-state index in [0.717, 1.165) is 17.1 Å². The van der Waals surface area contributed by atoms with Gasteiger partial charge in [-0.1, -0.05) is 17.7 Å². The molecule has 0 aliphatic carbocycles. The molecule has 2 heterocycles. The summed E-state index contributed by atoms with van der Waals surface area (Å²) in [5, 5.41) is 4.81. The first-order valence-corrected chi connectivity index (χ1v) is 6.04. The summed E-state index contributed by atoms with van der Waals surface area (Å²) >= 11 is 6.00. The lowest BCUT2D eigenvalue weighted by Crippen LogP contribution is -2.13. The molecule has 0 saturated carbocycles. The van der Waals surface area contributed by atoms with Crippen LogP contribution in [-0.4, -0.2) is 17.0 Å². The number of halogens is 1. The molecule has 4 heteroatoms. The van der Waals surface area contributed by atoms with Crippen LogP contribution in [0.1, 0.15) is 17.9 Å². The summed E-state index contributed by atoms with van der Waals surface area (Å²) in [5.74, 6) is 0.424. The maximum atomic E-state index is 11.3. The Balaban J connectivity index is 2.14. The van der Waals surface area contributed by atoms with Gasteiger partial charge in [0.15, 0.2) is 0 Å². The fourth-order valence-electron chi connectivity index (χ4n) is 2.54. The lowest BCUT2D eigenvalue weighted by molar-refractivity contribution is -0.119. The lowest BCUT2D eigenvalue weighted by Gasteiger charge is -2.04. The van der Waals surface area contributed by atoms with Crippen molar-refractivity contribution in [2.45, 2.75) is 12.3 Å². The number of nitrogens with one attached hydrogen (secondary N) is 1. The number of nitrogens with zero attached hydrogens (tertiary/aromatic N) is 1. The van der Waals surface area contributed by atoms with Crippen molar-refractivity contribution in [3.05, 3.63) is 35.0 Å². The topological polar surface area (TPSA) is 34.0 Å². The molecule has 1 aromatic heterocycles. The van der Waals surface area contributed by atoms with Crippen molar-refractivity contribution in [1.82, 2.24) is 9.88 Å². The third-order valence-electron chi connectivity index (χ3n) is 3.40. The van der Waals surface area contributed by atoms with Gasteiger partial charge in [0.05, 0.1) is 0 Å². The predicted octanol–water partition coefficient (Wildman–Crippen LogP) is 2.44. The second kappa shape index (κ2) is 3.77. The normalized spacial score (nSPS) is 19.9. The van der Waals surface area contributed by atoms with Gasteiger partial charge in [0, 0.05) is 48.1 Å². The number of carbonyl (C=O) groups excluding carboxylic acids is 1. The van der Waals surface area contributed by atoms with Gasteiger partial charge in [-0.15, -0.1) is 0 Å². The van der Waals surface area contributed by atoms with E-state index in [1.54, 1.807) is 0 Å². The number of hydrogen-bond acceptors (Lipinski definition) is 1. The van der Waals surface area contributed by atoms with Gasteiger partial charge in [0.2, 0.25) is 5.91 Å². The molecular weight excluding hydrogens is 236 g/mol. The zero-order valence-electron chi connectivity index (χ0n) is 9.53. The van der Waals surface area contributed by atoms with E-state index >= 15 is 0 Å². The molecule has 2 aromatic rings. The van der Waals surface area contributed by atoms with Gasteiger partial charge in [0.25, 0.3) is 0 Å². The fourth-order valence-corrected chi connectivity index (χ4v) is 2.71. The van der Waals surface area contributed by atoms with Gasteiger partial charge in [-0.2, -0.15) is 0 Å². The first kappa shape index (κ1) is 10.7. The van der Waals surface area contributed by atoms with Crippen LogP contribution in [0.25, 0.3) is 10.9 Å². The van der Waals surface area contributed by atoms with Crippen molar-refractivity contribution in [3.8, 4) is 0 Å². The van der Waals surface area contributed by atoms with Gasteiger partial charge < -0.3 is 9.88 Å². The maximum absolute atomic E-state index is 11.3. The third-order valence-corrected chi connectivity index (χ3v) is 3.64. The van der Waals surface area contributed by atoms with Crippen LogP contribution in [0.15, 0.2) is 24.4 Å². The predicted molar refractivity (Wildman–Crippen MR) is 68.3 cm³/mol. The largest absolute Gasteiger partial charge is 0.355 e. The second-order valence-corrected chi connectivity index (χ2v) is 5.00. The summed E-state index contributed by atoms with van der Waals surface area (Å²) in [6, 6.07) is 5.90. The summed E-state index contributed by atoms with van der Waals surface area (Å²) in [6.45, 7) is 0.737. The Morgan fingerprint density at radius 3 is 3.00 bits per heavy atom. The van der Waals surface area contributed by atoms with E-state index < -0.39 is 0 Å². The van der Waals surface area contributed by atoms with E-state index in [1.807, 2.05) is 25.2 Å². The van der Waals surface area contributed by atoms with Crippen molar-refractivity contribution >= 4 is 28.4 Å². The molecule has 1 fully saturated rings. The standard InChI is InChI=1S/C13H13ClN2O/c1-16-7-11(8-4-13(17)15-6-8)10-3-2-9(14)5-12(10)16/h2-3,5,7-8H,4,6H2,1H3,(H,15,17). The molecule has 17 heavy (non-hydrogen) atoms. The highest BCUT2D eigenvalue weighted by Crippen LogP contribution is 2.32. The molecule has 0 bridgehead atoms. The third kappa shape index (κ3) is 1.71. The number of amides is 1. The number of carbonyl (C=O) groups is 1. The Kier molecular flexibility index (Phi) is 2.37. The van der Waals surface area contributed by atoms with E-state index in [0.29, 0.717) is 6.42 Å². The van der Waals surface area contributed by atoms with Crippen LogP contribution >= 0.6 is 11.6 Å². The summed E-state index contributed by atoms with van der Waals surface area (Å²) in [7, 11) is 2.01. The molecule has 1 atom stereocenters. The van der Waals surface area contributed by atoms with Crippen LogP contribution in [0.4, 0.5) is 0 Å². The number of aromatic nitrogens is 1. The van der Waals surface area contributed by atoms with Crippen LogP contribution in [0.3, 0.4) is 0 Å². The SMILES string of the molecule is Cn1cc(C2CNC(=O)C2)c2ccc(Cl)cc21. The summed E-state index contributed by atoms with van der Waals surface area (Å²) in [5.41, 5.74) is 2.35. The minimum absolute atomic E-state index is 0.140. The van der Waals surface area contributed by atoms with Gasteiger partial charge in [0.1, 0.15) is 0 Å². The Hall–Kier alpha value is -1.48. The molecule has 88 valence electrons. The first-order valence-electron chi connectivity index (χ1n) is 5.66. The Labute approximate surface area is 104 Å². The minimum atomic E-state index is 0.140. The molecule has 1 aliphatic rings. The molecule has 1 aromatic carbocycles. The average molecular weight is 249 g/mol. The molecule has 0 radical (unpaired) electrons. The fraction of sp³-hybridized carbons (Fsp3) is 0.308. The van der Waals surface area contributed by atoms with Crippen molar-refractivity contribution in [2.24, 2.45) is 7.05 Å². The Morgan fingerprint density at radius 2 is 2.29 bits per heavy atom. The van der Waals surface area contributed by atoms with Crippen LogP contribution in [0, 0.1) is 0 Å². The smallest absolute Gasteiger partial charge is 0.220 e. The summed E-state index contributed by atoms with van der Waals surface area (Å²) < 4.78 is 2.07. The second-order valence-electron chi connectivity index (χ2n) is 4.56. The van der Waals surface area contributed by atoms with Crippen molar-refractivity contribution in [3.63, 3.8) is 0 Å². The molecule has 1 saturated heterocycles. The highest BCUT2D eigenvalue weighted by molar-refractivity contribution is 6.31. The van der Waals surface area contributed by atoms with Gasteiger partial charge in [-0.05, 0) is 17.7 Å². The van der Waals surface area contributed by atoms with Crippen molar-refractivity contribution in [1.29, 1.82) is 0 Å². The molecule has 1 aliphatic heterocycles. The lowest BCUT2D eigenvalue weighted by atomic mass is 9.98. The van der Waals surface area contributed by atoms with Gasteiger partial charge >= 0.3 is 0 Å². The van der Waals surface area contributed by atoms with Crippen molar-refractivity contribution in [2.75, 3.05) is 6.54 Å². The zero-order valence-corrected chi connectivity index (χ0v) is 10.3. The van der Waals surface area contributed by atoms with Gasteiger partial charge in [-0.3, -0.25) is 4.79 Å². The maximum Gasteiger partial charge on any atom is 0.220 e. The number of hydrogen-bond donors (Lipinski definition) is 1. The molecule has 0 spiro atoms. The Morgan fingerprint density at radius 1 is 1.47 bits per heavy atom. The molecule has 1 unspecified atom stereocenters. The highest BCUT2D eigenvalue weighted by atomic mass is 35.5. The number of rotatable bonds is 1. The van der Waals surface area contributed by atoms with Crippen LogP contribution < -0.4 is 5.32 Å². The molecule has 3 rings (SSSR count). The quantitative estimate of drug-likeness (QED) is 0.826. The first-order chi connectivity index (χ1) is 8.15. The molecule has 1 N–H and O–H groups in total. The van der Waals surface area contributed by atoms with Crippen LogP contribution in [0.2, 0.25) is 5.02 Å². The number of fused-ring (bicyclic) bond motifs is 1. The van der Waals surface area contributed by atoms with E-state index in [-0.39, 0.29) is 11.8 Å². The monoisotopic (exact) mass is 248 g/mol. The van der Waals surface area contributed by atoms with E-state index in [1.165, 1.54) is 10.9 Å². The molecule has 1 amide bonds. The molecule has 3 nitrogen and oxygen atoms in total. The van der Waals surface area contributed by atoms with Gasteiger partial charge in [-0.25, -0.2) is 0 Å². The van der Waals surface area contributed by atoms with E-state index in [4.69, 9.17) is 11.6 Å².